The van der Waals surface area contributed by atoms with Crippen LogP contribution in [0.1, 0.15) is 5.56 Å². The Bertz CT molecular complexity index is 604. The third-order valence-corrected chi connectivity index (χ3v) is 3.96. The van der Waals surface area contributed by atoms with Gasteiger partial charge in [0.2, 0.25) is 0 Å². The third kappa shape index (κ3) is 4.09. The van der Waals surface area contributed by atoms with E-state index in [0.29, 0.717) is 0 Å². The van der Waals surface area contributed by atoms with E-state index in [2.05, 4.69) is 55.1 Å². The number of benzene rings is 2. The van der Waals surface area contributed by atoms with Gasteiger partial charge >= 0.3 is 0 Å². The summed E-state index contributed by atoms with van der Waals surface area (Å²) >= 11 is 7.27. The Morgan fingerprint density at radius 2 is 1.30 bits per heavy atom. The smallest absolute Gasteiger partial charge is 0.0585 e. The minimum atomic E-state index is 0.796. The maximum Gasteiger partial charge on any atom is 0.0585 e. The van der Waals surface area contributed by atoms with Gasteiger partial charge in [-0.15, -0.1) is 0 Å². The number of hydrogen-bond donors (Lipinski definition) is 0. The zero-order chi connectivity index (χ0) is 14.2. The van der Waals surface area contributed by atoms with Crippen LogP contribution in [0.25, 0.3) is 17.2 Å². The second-order valence-electron chi connectivity index (χ2n) is 4.11. The number of hydrogen-bond acceptors (Lipinski definition) is 1. The average molecular weight is 299 g/mol. The van der Waals surface area contributed by atoms with Crippen molar-refractivity contribution in [2.24, 2.45) is 0 Å². The van der Waals surface area contributed by atoms with Crippen molar-refractivity contribution in [1.82, 2.24) is 0 Å². The molecule has 0 N–H and O–H groups in total. The molecule has 0 radical (unpaired) electrons. The lowest BCUT2D eigenvalue weighted by Crippen LogP contribution is -1.73. The van der Waals surface area contributed by atoms with Crippen molar-refractivity contribution in [2.45, 2.75) is 0 Å². The van der Waals surface area contributed by atoms with Gasteiger partial charge in [0, 0.05) is 10.9 Å². The lowest BCUT2D eigenvalue weighted by Gasteiger charge is -1.98. The summed E-state index contributed by atoms with van der Waals surface area (Å²) in [5.41, 5.74) is 3.58. The molecular weight excluding hydrogens is 284 g/mol. The van der Waals surface area contributed by atoms with Gasteiger partial charge in [-0.3, -0.25) is 0 Å². The molecule has 0 aliphatic carbocycles. The zero-order valence-corrected chi connectivity index (χ0v) is 12.6. The topological polar surface area (TPSA) is 0 Å². The minimum Gasteiger partial charge on any atom is -0.150 e. The summed E-state index contributed by atoms with van der Waals surface area (Å²) in [5.74, 6) is 0. The first-order valence-electron chi connectivity index (χ1n) is 6.26. The molecule has 100 valence electrons. The molecule has 0 bridgehead atoms. The molecule has 0 aliphatic heterocycles. The van der Waals surface area contributed by atoms with Gasteiger partial charge in [0.25, 0.3) is 0 Å². The van der Waals surface area contributed by atoms with Gasteiger partial charge in [0.1, 0.15) is 0 Å². The fourth-order valence-corrected chi connectivity index (χ4v) is 2.74. The molecule has 0 spiro atoms. The Morgan fingerprint density at radius 3 is 1.60 bits per heavy atom. The molecule has 0 unspecified atom stereocenters. The largest absolute Gasteiger partial charge is 0.150 e. The highest BCUT2D eigenvalue weighted by Gasteiger charge is 1.92. The molecule has 0 aliphatic rings. The van der Waals surface area contributed by atoms with Gasteiger partial charge in [-0.2, -0.15) is 11.3 Å². The summed E-state index contributed by atoms with van der Waals surface area (Å²) in [7, 11) is 0. The van der Waals surface area contributed by atoms with Gasteiger partial charge in [0.05, 0.1) is 5.02 Å². The van der Waals surface area contributed by atoms with Crippen LogP contribution in [-0.4, -0.2) is 0 Å². The van der Waals surface area contributed by atoms with E-state index in [-0.39, 0.29) is 0 Å². The van der Waals surface area contributed by atoms with Crippen LogP contribution in [0.4, 0.5) is 0 Å². The van der Waals surface area contributed by atoms with E-state index >= 15 is 0 Å². The van der Waals surface area contributed by atoms with Crippen molar-refractivity contribution in [3.05, 3.63) is 88.6 Å². The average Bonchev–Trinajstić information content (AvgIpc) is 2.95. The fraction of sp³-hybridized carbons (Fsp3) is 0. The summed E-state index contributed by atoms with van der Waals surface area (Å²) < 4.78 is 0. The fourth-order valence-electron chi connectivity index (χ4n) is 1.70. The van der Waals surface area contributed by atoms with Crippen LogP contribution in [0.5, 0.6) is 0 Å². The van der Waals surface area contributed by atoms with Gasteiger partial charge in [-0.25, -0.2) is 0 Å². The Labute approximate surface area is 129 Å². The molecular formula is C18H15ClS. The summed E-state index contributed by atoms with van der Waals surface area (Å²) in [6.45, 7) is 3.59. The second-order valence-corrected chi connectivity index (χ2v) is 5.26. The van der Waals surface area contributed by atoms with E-state index in [1.54, 1.807) is 17.4 Å². The molecule has 1 heterocycles. The van der Waals surface area contributed by atoms with E-state index in [0.717, 1.165) is 10.6 Å². The predicted octanol–water partition coefficient (Wildman–Crippen LogP) is 6.40. The van der Waals surface area contributed by atoms with Gasteiger partial charge < -0.3 is 0 Å². The van der Waals surface area contributed by atoms with Crippen LogP contribution in [-0.2, 0) is 0 Å². The number of thiophene rings is 1. The summed E-state index contributed by atoms with van der Waals surface area (Å²) in [6.07, 6.45) is 1.75. The molecule has 0 amide bonds. The Hall–Kier alpha value is -1.83. The lowest BCUT2D eigenvalue weighted by atomic mass is 10.1. The summed E-state index contributed by atoms with van der Waals surface area (Å²) in [6, 6.07) is 20.8. The maximum absolute atomic E-state index is 5.68. The van der Waals surface area contributed by atoms with E-state index in [9.17, 15) is 0 Å². The van der Waals surface area contributed by atoms with Crippen molar-refractivity contribution in [3.8, 4) is 11.1 Å². The van der Waals surface area contributed by atoms with Crippen LogP contribution < -0.4 is 0 Å². The highest BCUT2D eigenvalue weighted by molar-refractivity contribution is 7.08. The Balaban J connectivity index is 0.000000160. The van der Waals surface area contributed by atoms with Crippen molar-refractivity contribution in [1.29, 1.82) is 0 Å². The number of halogens is 1. The number of rotatable bonds is 2. The molecule has 1 aromatic heterocycles. The van der Waals surface area contributed by atoms with Crippen molar-refractivity contribution < 1.29 is 0 Å². The molecule has 0 saturated carbocycles. The van der Waals surface area contributed by atoms with Gasteiger partial charge in [-0.1, -0.05) is 84.9 Å². The van der Waals surface area contributed by atoms with E-state index in [1.807, 2.05) is 22.9 Å². The third-order valence-electron chi connectivity index (χ3n) is 2.74. The monoisotopic (exact) mass is 298 g/mol. The maximum atomic E-state index is 5.68. The molecule has 3 aromatic rings. The van der Waals surface area contributed by atoms with Crippen molar-refractivity contribution in [3.63, 3.8) is 0 Å². The molecule has 0 fully saturated rings. The minimum absolute atomic E-state index is 0.796. The standard InChI is InChI=1S/C12H10.C6H5ClS/c1-3-7-11(8-4-1)12-9-5-2-6-10-12;1-2-5-3-8-4-6(5)7/h1-10H;2-4H,1H2. The highest BCUT2D eigenvalue weighted by Crippen LogP contribution is 2.20. The highest BCUT2D eigenvalue weighted by atomic mass is 35.5. The Morgan fingerprint density at radius 1 is 0.800 bits per heavy atom. The molecule has 3 rings (SSSR count). The predicted molar refractivity (Wildman–Crippen MR) is 91.3 cm³/mol. The van der Waals surface area contributed by atoms with Gasteiger partial charge in [0.15, 0.2) is 0 Å². The van der Waals surface area contributed by atoms with Gasteiger partial charge in [-0.05, 0) is 16.5 Å². The van der Waals surface area contributed by atoms with E-state index in [4.69, 9.17) is 11.6 Å². The van der Waals surface area contributed by atoms with E-state index in [1.165, 1.54) is 11.1 Å². The van der Waals surface area contributed by atoms with E-state index < -0.39 is 0 Å². The lowest BCUT2D eigenvalue weighted by molar-refractivity contribution is 1.62. The van der Waals surface area contributed by atoms with Crippen molar-refractivity contribution >= 4 is 29.0 Å². The first-order valence-corrected chi connectivity index (χ1v) is 7.58. The van der Waals surface area contributed by atoms with Crippen LogP contribution in [0.15, 0.2) is 78.0 Å². The second kappa shape index (κ2) is 7.68. The Kier molecular flexibility index (Phi) is 5.60. The molecule has 0 atom stereocenters. The molecule has 0 nitrogen and oxygen atoms in total. The van der Waals surface area contributed by atoms with Crippen LogP contribution in [0.2, 0.25) is 5.02 Å². The summed E-state index contributed by atoms with van der Waals surface area (Å²) in [5, 5.41) is 4.65. The van der Waals surface area contributed by atoms with Crippen molar-refractivity contribution in [2.75, 3.05) is 0 Å². The molecule has 0 saturated heterocycles. The van der Waals surface area contributed by atoms with Crippen LogP contribution >= 0.6 is 22.9 Å². The summed E-state index contributed by atoms with van der Waals surface area (Å²) in [4.78, 5) is 0. The molecule has 2 heteroatoms. The van der Waals surface area contributed by atoms with Crippen LogP contribution in [0.3, 0.4) is 0 Å². The molecule has 20 heavy (non-hydrogen) atoms. The first kappa shape index (κ1) is 14.6. The zero-order valence-electron chi connectivity index (χ0n) is 11.0. The molecule has 2 aromatic carbocycles. The normalized spacial score (nSPS) is 9.45. The SMILES string of the molecule is C=Cc1cscc1Cl.c1ccc(-c2ccccc2)cc1. The quantitative estimate of drug-likeness (QED) is 0.513. The van der Waals surface area contributed by atoms with Crippen LogP contribution in [0, 0.1) is 0 Å². The first-order chi connectivity index (χ1) is 9.81.